The first kappa shape index (κ1) is 16.4. The zero-order valence-corrected chi connectivity index (χ0v) is 14.5. The average molecular weight is 342 g/mol. The average Bonchev–Trinajstić information content (AvgIpc) is 3.13. The third kappa shape index (κ3) is 2.42. The van der Waals surface area contributed by atoms with E-state index in [1.54, 1.807) is 16.9 Å². The zero-order valence-electron chi connectivity index (χ0n) is 14.5. The van der Waals surface area contributed by atoms with Gasteiger partial charge in [-0.2, -0.15) is 0 Å². The lowest BCUT2D eigenvalue weighted by atomic mass is 9.65. The van der Waals surface area contributed by atoms with Crippen molar-refractivity contribution in [3.63, 3.8) is 0 Å². The molecule has 2 aliphatic heterocycles. The van der Waals surface area contributed by atoms with Gasteiger partial charge in [0.05, 0.1) is 12.6 Å². The van der Waals surface area contributed by atoms with E-state index in [4.69, 9.17) is 10.5 Å². The molecule has 1 aliphatic carbocycles. The molecular formula is C19H24N3O3. The van der Waals surface area contributed by atoms with Gasteiger partial charge in [-0.05, 0) is 43.4 Å². The van der Waals surface area contributed by atoms with E-state index >= 15 is 0 Å². The number of urea groups is 1. The van der Waals surface area contributed by atoms with Crippen LogP contribution in [0.25, 0.3) is 0 Å². The van der Waals surface area contributed by atoms with Gasteiger partial charge in [-0.3, -0.25) is 9.69 Å². The highest BCUT2D eigenvalue weighted by Gasteiger charge is 2.51. The summed E-state index contributed by atoms with van der Waals surface area (Å²) in [6.45, 7) is 1.36. The number of nitrogens with two attached hydrogens (primary N) is 1. The summed E-state index contributed by atoms with van der Waals surface area (Å²) in [6.07, 6.45) is 6.29. The van der Waals surface area contributed by atoms with Gasteiger partial charge in [0.2, 0.25) is 5.91 Å². The van der Waals surface area contributed by atoms with Gasteiger partial charge in [0.15, 0.2) is 0 Å². The van der Waals surface area contributed by atoms with E-state index in [-0.39, 0.29) is 17.5 Å². The molecule has 1 saturated carbocycles. The second-order valence-electron chi connectivity index (χ2n) is 7.32. The van der Waals surface area contributed by atoms with E-state index in [0.717, 1.165) is 24.9 Å². The number of fused-ring (bicyclic) bond motifs is 1. The summed E-state index contributed by atoms with van der Waals surface area (Å²) in [5.41, 5.74) is 7.68. The summed E-state index contributed by atoms with van der Waals surface area (Å²) in [5, 5.41) is 0. The monoisotopic (exact) mass is 342 g/mol. The molecule has 3 amide bonds. The molecule has 133 valence electrons. The van der Waals surface area contributed by atoms with Crippen LogP contribution in [0.1, 0.15) is 31.2 Å². The highest BCUT2D eigenvalue weighted by molar-refractivity contribution is 6.04. The van der Waals surface area contributed by atoms with Crippen LogP contribution in [0.15, 0.2) is 24.3 Å². The third-order valence-corrected chi connectivity index (χ3v) is 5.97. The first-order valence-corrected chi connectivity index (χ1v) is 8.89. The van der Waals surface area contributed by atoms with Crippen LogP contribution in [-0.2, 0) is 14.9 Å². The van der Waals surface area contributed by atoms with Gasteiger partial charge in [0, 0.05) is 24.8 Å². The number of amides is 3. The lowest BCUT2D eigenvalue weighted by molar-refractivity contribution is -0.119. The summed E-state index contributed by atoms with van der Waals surface area (Å²) >= 11 is 0. The molecule has 2 atom stereocenters. The van der Waals surface area contributed by atoms with E-state index in [2.05, 4.69) is 12.1 Å². The lowest BCUT2D eigenvalue weighted by Gasteiger charge is -2.42. The number of hydrogen-bond donors (Lipinski definition) is 1. The molecular weight excluding hydrogens is 318 g/mol. The van der Waals surface area contributed by atoms with Gasteiger partial charge in [-0.15, -0.1) is 0 Å². The summed E-state index contributed by atoms with van der Waals surface area (Å²) in [4.78, 5) is 28.1. The second kappa shape index (κ2) is 6.02. The number of anilines is 1. The normalized spacial score (nSPS) is 27.3. The maximum Gasteiger partial charge on any atom is 0.325 e. The first-order chi connectivity index (χ1) is 12.1. The standard InChI is InChI=1S/C19H24N3O3/c1-25-12-19(9-3-10-19)13-5-7-14(8-6-13)22-16(17(20)23)15-4-2-11-21(15)18(22)24/h4-8,15-16H,2-3,9-12H2,1H3,(H2,20,23)/t15-,16?/m1/s1. The van der Waals surface area contributed by atoms with Crippen LogP contribution in [0.5, 0.6) is 0 Å². The smallest absolute Gasteiger partial charge is 0.325 e. The predicted molar refractivity (Wildman–Crippen MR) is 94.1 cm³/mol. The SMILES string of the molecule is COCC1(c2ccc(N3C(=O)N4CC[CH][C@@H]4C3C(N)=O)cc2)CCC1. The molecule has 0 spiro atoms. The second-order valence-corrected chi connectivity index (χ2v) is 7.32. The highest BCUT2D eigenvalue weighted by Crippen LogP contribution is 2.44. The minimum absolute atomic E-state index is 0.0964. The Balaban J connectivity index is 1.63. The first-order valence-electron chi connectivity index (χ1n) is 8.89. The third-order valence-electron chi connectivity index (χ3n) is 5.97. The van der Waals surface area contributed by atoms with Crippen molar-refractivity contribution in [3.05, 3.63) is 36.2 Å². The van der Waals surface area contributed by atoms with E-state index < -0.39 is 11.9 Å². The quantitative estimate of drug-likeness (QED) is 0.887. The van der Waals surface area contributed by atoms with E-state index in [1.807, 2.05) is 18.6 Å². The number of rotatable bonds is 5. The Labute approximate surface area is 147 Å². The molecule has 4 rings (SSSR count). The molecule has 2 N–H and O–H groups in total. The largest absolute Gasteiger partial charge is 0.384 e. The summed E-state index contributed by atoms with van der Waals surface area (Å²) < 4.78 is 5.41. The molecule has 2 heterocycles. The van der Waals surface area contributed by atoms with Crippen molar-refractivity contribution in [2.24, 2.45) is 5.73 Å². The van der Waals surface area contributed by atoms with Crippen molar-refractivity contribution >= 4 is 17.6 Å². The number of nitrogens with zero attached hydrogens (tertiary/aromatic N) is 2. The molecule has 1 aromatic carbocycles. The van der Waals surface area contributed by atoms with Gasteiger partial charge in [0.1, 0.15) is 6.04 Å². The summed E-state index contributed by atoms with van der Waals surface area (Å²) in [6, 6.07) is 7.01. The molecule has 6 nitrogen and oxygen atoms in total. The number of methoxy groups -OCH3 is 1. The molecule has 3 fully saturated rings. The zero-order chi connectivity index (χ0) is 17.6. The minimum atomic E-state index is -0.627. The summed E-state index contributed by atoms with van der Waals surface area (Å²) in [7, 11) is 1.73. The van der Waals surface area contributed by atoms with Crippen molar-refractivity contribution in [1.29, 1.82) is 0 Å². The Morgan fingerprint density at radius 3 is 2.60 bits per heavy atom. The topological polar surface area (TPSA) is 75.9 Å². The van der Waals surface area contributed by atoms with Crippen LogP contribution in [0, 0.1) is 6.42 Å². The number of benzene rings is 1. The molecule has 0 aromatic heterocycles. The van der Waals surface area contributed by atoms with E-state index in [0.29, 0.717) is 13.2 Å². The van der Waals surface area contributed by atoms with Crippen molar-refractivity contribution in [2.75, 3.05) is 25.2 Å². The van der Waals surface area contributed by atoms with Crippen molar-refractivity contribution < 1.29 is 14.3 Å². The van der Waals surface area contributed by atoms with Gasteiger partial charge in [-0.25, -0.2) is 4.79 Å². The van der Waals surface area contributed by atoms with Crippen LogP contribution in [0.2, 0.25) is 0 Å². The number of primary amides is 1. The van der Waals surface area contributed by atoms with Gasteiger partial charge < -0.3 is 15.4 Å². The number of hydrogen-bond acceptors (Lipinski definition) is 3. The van der Waals surface area contributed by atoms with Gasteiger partial charge >= 0.3 is 6.03 Å². The van der Waals surface area contributed by atoms with Crippen LogP contribution in [0.3, 0.4) is 0 Å². The van der Waals surface area contributed by atoms with E-state index in [9.17, 15) is 9.59 Å². The highest BCUT2D eigenvalue weighted by atomic mass is 16.5. The Kier molecular flexibility index (Phi) is 3.95. The molecule has 6 heteroatoms. The van der Waals surface area contributed by atoms with E-state index in [1.165, 1.54) is 12.0 Å². The fourth-order valence-corrected chi connectivity index (χ4v) is 4.53. The Morgan fingerprint density at radius 1 is 1.32 bits per heavy atom. The molecule has 1 radical (unpaired) electrons. The summed E-state index contributed by atoms with van der Waals surface area (Å²) in [5.74, 6) is -0.460. The molecule has 25 heavy (non-hydrogen) atoms. The fraction of sp³-hybridized carbons (Fsp3) is 0.526. The maximum absolute atomic E-state index is 12.8. The maximum atomic E-state index is 12.8. The Morgan fingerprint density at radius 2 is 2.04 bits per heavy atom. The van der Waals surface area contributed by atoms with Crippen molar-refractivity contribution in [3.8, 4) is 0 Å². The number of ether oxygens (including phenoxy) is 1. The molecule has 0 bridgehead atoms. The lowest BCUT2D eigenvalue weighted by Crippen LogP contribution is -2.47. The fourth-order valence-electron chi connectivity index (χ4n) is 4.53. The van der Waals surface area contributed by atoms with Gasteiger partial charge in [0.25, 0.3) is 0 Å². The molecule has 2 saturated heterocycles. The minimum Gasteiger partial charge on any atom is -0.384 e. The number of carbonyl (C=O) groups excluding carboxylic acids is 2. The Hall–Kier alpha value is -2.08. The van der Waals surface area contributed by atoms with Crippen LogP contribution < -0.4 is 10.6 Å². The number of carbonyl (C=O) groups is 2. The van der Waals surface area contributed by atoms with Crippen LogP contribution in [0.4, 0.5) is 10.5 Å². The Bertz CT molecular complexity index is 684. The molecule has 3 aliphatic rings. The van der Waals surface area contributed by atoms with Crippen molar-refractivity contribution in [1.82, 2.24) is 4.90 Å². The molecule has 1 unspecified atom stereocenters. The molecule has 1 aromatic rings. The van der Waals surface area contributed by atoms with Gasteiger partial charge in [-0.1, -0.05) is 18.6 Å². The predicted octanol–water partition coefficient (Wildman–Crippen LogP) is 1.83. The van der Waals surface area contributed by atoms with Crippen molar-refractivity contribution in [2.45, 2.75) is 43.2 Å². The van der Waals surface area contributed by atoms with Crippen LogP contribution >= 0.6 is 0 Å². The van der Waals surface area contributed by atoms with Crippen LogP contribution in [-0.4, -0.2) is 49.2 Å².